The molecular weight excluding hydrogens is 268 g/mol. The summed E-state index contributed by atoms with van der Waals surface area (Å²) in [5.74, 6) is -1.42. The Hall–Kier alpha value is -1.59. The first-order valence-corrected chi connectivity index (χ1v) is 6.39. The molecule has 1 unspecified atom stereocenters. The summed E-state index contributed by atoms with van der Waals surface area (Å²) < 4.78 is 0. The van der Waals surface area contributed by atoms with E-state index in [4.69, 9.17) is 16.7 Å². The van der Waals surface area contributed by atoms with Gasteiger partial charge < -0.3 is 15.7 Å². The number of benzene rings is 1. The van der Waals surface area contributed by atoms with E-state index in [-0.39, 0.29) is 12.6 Å². The van der Waals surface area contributed by atoms with Gasteiger partial charge in [0.05, 0.1) is 0 Å². The normalized spacial score (nSPS) is 11.7. The van der Waals surface area contributed by atoms with Gasteiger partial charge in [0.2, 0.25) is 0 Å². The van der Waals surface area contributed by atoms with Crippen LogP contribution in [0.3, 0.4) is 0 Å². The van der Waals surface area contributed by atoms with Crippen LogP contribution in [0.1, 0.15) is 19.8 Å². The van der Waals surface area contributed by atoms with Crippen molar-refractivity contribution in [2.24, 2.45) is 0 Å². The van der Waals surface area contributed by atoms with Gasteiger partial charge in [-0.1, -0.05) is 11.6 Å². The predicted molar refractivity (Wildman–Crippen MR) is 74.0 cm³/mol. The molecule has 6 heteroatoms. The number of halogens is 1. The topological polar surface area (TPSA) is 78.4 Å². The van der Waals surface area contributed by atoms with Crippen molar-refractivity contribution in [3.05, 3.63) is 29.3 Å². The highest BCUT2D eigenvalue weighted by molar-refractivity contribution is 6.39. The summed E-state index contributed by atoms with van der Waals surface area (Å²) in [6, 6.07) is 6.32. The lowest BCUT2D eigenvalue weighted by atomic mass is 10.2. The van der Waals surface area contributed by atoms with Gasteiger partial charge in [-0.05, 0) is 44.0 Å². The minimum atomic E-state index is -0.724. The molecule has 0 aliphatic rings. The molecule has 0 saturated carbocycles. The number of hydrogen-bond donors (Lipinski definition) is 3. The average Bonchev–Trinajstić information content (AvgIpc) is 2.39. The summed E-state index contributed by atoms with van der Waals surface area (Å²) in [6.07, 6.45) is 1.21. The van der Waals surface area contributed by atoms with E-state index in [1.807, 2.05) is 0 Å². The molecular formula is C13H17ClN2O3. The zero-order chi connectivity index (χ0) is 14.3. The Labute approximate surface area is 117 Å². The maximum Gasteiger partial charge on any atom is 0.313 e. The monoisotopic (exact) mass is 284 g/mol. The molecule has 0 aliphatic carbocycles. The van der Waals surface area contributed by atoms with E-state index in [1.54, 1.807) is 31.2 Å². The second-order valence-corrected chi connectivity index (χ2v) is 4.64. The van der Waals surface area contributed by atoms with Gasteiger partial charge in [0.25, 0.3) is 0 Å². The first kappa shape index (κ1) is 15.5. The summed E-state index contributed by atoms with van der Waals surface area (Å²) in [7, 11) is 0. The van der Waals surface area contributed by atoms with E-state index in [0.717, 1.165) is 0 Å². The molecule has 5 nitrogen and oxygen atoms in total. The van der Waals surface area contributed by atoms with Crippen molar-refractivity contribution >= 4 is 29.1 Å². The Morgan fingerprint density at radius 2 is 1.89 bits per heavy atom. The van der Waals surface area contributed by atoms with Crippen LogP contribution in [0.2, 0.25) is 5.02 Å². The molecule has 0 heterocycles. The van der Waals surface area contributed by atoms with Gasteiger partial charge in [0, 0.05) is 23.4 Å². The smallest absolute Gasteiger partial charge is 0.313 e. The molecule has 1 rings (SSSR count). The molecule has 0 aromatic heterocycles. The van der Waals surface area contributed by atoms with Crippen molar-refractivity contribution in [2.75, 3.05) is 11.9 Å². The summed E-state index contributed by atoms with van der Waals surface area (Å²) in [6.45, 7) is 1.85. The summed E-state index contributed by atoms with van der Waals surface area (Å²) in [5, 5.41) is 14.3. The van der Waals surface area contributed by atoms with Gasteiger partial charge in [0.15, 0.2) is 0 Å². The van der Waals surface area contributed by atoms with Gasteiger partial charge in [0.1, 0.15) is 0 Å². The Morgan fingerprint density at radius 3 is 2.47 bits per heavy atom. The molecule has 2 amide bonds. The van der Waals surface area contributed by atoms with E-state index < -0.39 is 11.8 Å². The second-order valence-electron chi connectivity index (χ2n) is 4.20. The molecule has 104 valence electrons. The number of anilines is 1. The van der Waals surface area contributed by atoms with Crippen molar-refractivity contribution in [1.29, 1.82) is 0 Å². The molecule has 0 aliphatic heterocycles. The van der Waals surface area contributed by atoms with Crippen LogP contribution in [-0.2, 0) is 9.59 Å². The minimum Gasteiger partial charge on any atom is -0.396 e. The first-order chi connectivity index (χ1) is 9.02. The number of carbonyl (C=O) groups is 2. The highest BCUT2D eigenvalue weighted by atomic mass is 35.5. The SMILES string of the molecule is CC(CCCO)NC(=O)C(=O)Nc1ccc(Cl)cc1. The number of carbonyl (C=O) groups excluding carboxylic acids is 2. The molecule has 0 radical (unpaired) electrons. The van der Waals surface area contributed by atoms with Crippen molar-refractivity contribution in [2.45, 2.75) is 25.8 Å². The van der Waals surface area contributed by atoms with Crippen LogP contribution in [0.5, 0.6) is 0 Å². The molecule has 3 N–H and O–H groups in total. The van der Waals surface area contributed by atoms with E-state index in [1.165, 1.54) is 0 Å². The summed E-state index contributed by atoms with van der Waals surface area (Å²) >= 11 is 5.72. The van der Waals surface area contributed by atoms with E-state index in [0.29, 0.717) is 23.6 Å². The lowest BCUT2D eigenvalue weighted by Gasteiger charge is -2.12. The number of aliphatic hydroxyl groups excluding tert-OH is 1. The molecule has 1 aromatic rings. The van der Waals surface area contributed by atoms with Crippen molar-refractivity contribution in [1.82, 2.24) is 5.32 Å². The van der Waals surface area contributed by atoms with Crippen LogP contribution in [-0.4, -0.2) is 29.6 Å². The fourth-order valence-corrected chi connectivity index (χ4v) is 1.61. The van der Waals surface area contributed by atoms with Crippen LogP contribution in [0, 0.1) is 0 Å². The number of hydrogen-bond acceptors (Lipinski definition) is 3. The van der Waals surface area contributed by atoms with Gasteiger partial charge >= 0.3 is 11.8 Å². The molecule has 1 atom stereocenters. The van der Waals surface area contributed by atoms with E-state index in [2.05, 4.69) is 10.6 Å². The van der Waals surface area contributed by atoms with Gasteiger partial charge in [-0.15, -0.1) is 0 Å². The number of nitrogens with one attached hydrogen (secondary N) is 2. The second kappa shape index (κ2) is 7.76. The first-order valence-electron chi connectivity index (χ1n) is 6.01. The van der Waals surface area contributed by atoms with Gasteiger partial charge in [-0.3, -0.25) is 9.59 Å². The van der Waals surface area contributed by atoms with Crippen LogP contribution in [0.4, 0.5) is 5.69 Å². The standard InChI is InChI=1S/C13H17ClN2O3/c1-9(3-2-8-17)15-12(18)13(19)16-11-6-4-10(14)5-7-11/h4-7,9,17H,2-3,8H2,1H3,(H,15,18)(H,16,19). The quantitative estimate of drug-likeness (QED) is 0.718. The third kappa shape index (κ3) is 5.72. The van der Waals surface area contributed by atoms with Crippen LogP contribution in [0.25, 0.3) is 0 Å². The van der Waals surface area contributed by atoms with Crippen molar-refractivity contribution < 1.29 is 14.7 Å². The lowest BCUT2D eigenvalue weighted by Crippen LogP contribution is -2.40. The zero-order valence-corrected chi connectivity index (χ0v) is 11.4. The fraction of sp³-hybridized carbons (Fsp3) is 0.385. The molecule has 19 heavy (non-hydrogen) atoms. The number of aliphatic hydroxyl groups is 1. The Bertz CT molecular complexity index is 434. The van der Waals surface area contributed by atoms with E-state index in [9.17, 15) is 9.59 Å². The maximum atomic E-state index is 11.6. The Morgan fingerprint density at radius 1 is 1.26 bits per heavy atom. The lowest BCUT2D eigenvalue weighted by molar-refractivity contribution is -0.136. The molecule has 1 aromatic carbocycles. The largest absolute Gasteiger partial charge is 0.396 e. The predicted octanol–water partition coefficient (Wildman–Crippen LogP) is 1.56. The average molecular weight is 285 g/mol. The van der Waals surface area contributed by atoms with Crippen LogP contribution in [0.15, 0.2) is 24.3 Å². The highest BCUT2D eigenvalue weighted by Crippen LogP contribution is 2.13. The van der Waals surface area contributed by atoms with Gasteiger partial charge in [-0.25, -0.2) is 0 Å². The Balaban J connectivity index is 2.44. The maximum absolute atomic E-state index is 11.6. The molecule has 0 bridgehead atoms. The molecule has 0 fully saturated rings. The third-order valence-electron chi connectivity index (χ3n) is 2.48. The Kier molecular flexibility index (Phi) is 6.32. The number of amides is 2. The summed E-state index contributed by atoms with van der Waals surface area (Å²) in [4.78, 5) is 23.2. The zero-order valence-electron chi connectivity index (χ0n) is 10.6. The highest BCUT2D eigenvalue weighted by Gasteiger charge is 2.15. The fourth-order valence-electron chi connectivity index (χ4n) is 1.48. The third-order valence-corrected chi connectivity index (χ3v) is 2.73. The number of rotatable bonds is 5. The van der Waals surface area contributed by atoms with Crippen LogP contribution >= 0.6 is 11.6 Å². The van der Waals surface area contributed by atoms with Gasteiger partial charge in [-0.2, -0.15) is 0 Å². The molecule has 0 saturated heterocycles. The van der Waals surface area contributed by atoms with Crippen LogP contribution < -0.4 is 10.6 Å². The van der Waals surface area contributed by atoms with Crippen molar-refractivity contribution in [3.63, 3.8) is 0 Å². The minimum absolute atomic E-state index is 0.0666. The summed E-state index contributed by atoms with van der Waals surface area (Å²) in [5.41, 5.74) is 0.507. The van der Waals surface area contributed by atoms with Crippen molar-refractivity contribution in [3.8, 4) is 0 Å². The molecule has 0 spiro atoms. The van der Waals surface area contributed by atoms with E-state index >= 15 is 0 Å².